The number of benzene rings is 1. The van der Waals surface area contributed by atoms with Crippen LogP contribution >= 0.6 is 0 Å². The third-order valence-corrected chi connectivity index (χ3v) is 6.11. The molecular formula is C24H35NO3. The van der Waals surface area contributed by atoms with E-state index in [2.05, 4.69) is 31.3 Å². The van der Waals surface area contributed by atoms with Crippen LogP contribution in [0.3, 0.4) is 0 Å². The topological polar surface area (TPSA) is 58.6 Å². The van der Waals surface area contributed by atoms with E-state index in [0.29, 0.717) is 5.92 Å². The zero-order valence-electron chi connectivity index (χ0n) is 18.0. The monoisotopic (exact) mass is 385 g/mol. The van der Waals surface area contributed by atoms with Crippen molar-refractivity contribution in [2.24, 2.45) is 5.92 Å². The summed E-state index contributed by atoms with van der Waals surface area (Å²) < 4.78 is 6.06. The van der Waals surface area contributed by atoms with Crippen molar-refractivity contribution in [3.05, 3.63) is 39.5 Å². The van der Waals surface area contributed by atoms with Crippen molar-refractivity contribution >= 4 is 12.0 Å². The van der Waals surface area contributed by atoms with Crippen molar-refractivity contribution in [1.29, 1.82) is 0 Å². The van der Waals surface area contributed by atoms with Crippen LogP contribution in [0.5, 0.6) is 0 Å². The molecule has 1 unspecified atom stereocenters. The molecule has 1 fully saturated rings. The Hall–Kier alpha value is -1.65. The summed E-state index contributed by atoms with van der Waals surface area (Å²) in [6.45, 7) is 11.6. The highest BCUT2D eigenvalue weighted by molar-refractivity contribution is 5.79. The summed E-state index contributed by atoms with van der Waals surface area (Å²) in [5.41, 5.74) is 6.15. The predicted molar refractivity (Wildman–Crippen MR) is 113 cm³/mol. The van der Waals surface area contributed by atoms with Gasteiger partial charge in [0.05, 0.1) is 5.60 Å². The molecule has 3 rings (SSSR count). The van der Waals surface area contributed by atoms with Crippen molar-refractivity contribution < 1.29 is 14.6 Å². The Morgan fingerprint density at radius 3 is 2.29 bits per heavy atom. The minimum atomic E-state index is -0.962. The molecule has 4 nitrogen and oxygen atoms in total. The zero-order chi connectivity index (χ0) is 20.5. The third-order valence-electron chi connectivity index (χ3n) is 6.11. The van der Waals surface area contributed by atoms with Crippen molar-refractivity contribution in [2.45, 2.75) is 91.5 Å². The summed E-state index contributed by atoms with van der Waals surface area (Å²) in [5, 5.41) is 13.5. The number of rotatable bonds is 5. The largest absolute Gasteiger partial charge is 0.479 e. The molecule has 0 spiro atoms. The number of hydrogen-bond donors (Lipinski definition) is 2. The fourth-order valence-corrected chi connectivity index (χ4v) is 4.67. The molecule has 2 N–H and O–H groups in total. The van der Waals surface area contributed by atoms with E-state index in [9.17, 15) is 9.90 Å². The van der Waals surface area contributed by atoms with Crippen molar-refractivity contribution in [2.75, 3.05) is 0 Å². The minimum Gasteiger partial charge on any atom is -0.479 e. The number of ether oxygens (including phenoxy) is 1. The Morgan fingerprint density at radius 1 is 1.11 bits per heavy atom. The Bertz CT molecular complexity index is 767. The Morgan fingerprint density at radius 2 is 1.71 bits per heavy atom. The van der Waals surface area contributed by atoms with Gasteiger partial charge in [-0.1, -0.05) is 31.4 Å². The highest BCUT2D eigenvalue weighted by atomic mass is 16.5. The smallest absolute Gasteiger partial charge is 0.337 e. The summed E-state index contributed by atoms with van der Waals surface area (Å²) in [4.78, 5) is 12.2. The first-order valence-electron chi connectivity index (χ1n) is 10.6. The second-order valence-electron chi connectivity index (χ2n) is 9.34. The number of allylic oxidation sites excluding steroid dienone is 1. The summed E-state index contributed by atoms with van der Waals surface area (Å²) in [7, 11) is 0. The van der Waals surface area contributed by atoms with Gasteiger partial charge >= 0.3 is 5.97 Å². The van der Waals surface area contributed by atoms with E-state index in [1.54, 1.807) is 0 Å². The van der Waals surface area contributed by atoms with Gasteiger partial charge in [-0.2, -0.15) is 0 Å². The maximum Gasteiger partial charge on any atom is 0.337 e. The van der Waals surface area contributed by atoms with Crippen molar-refractivity contribution in [1.82, 2.24) is 5.32 Å². The fraction of sp³-hybridized carbons (Fsp3) is 0.625. The zero-order valence-corrected chi connectivity index (χ0v) is 18.0. The summed E-state index contributed by atoms with van der Waals surface area (Å²) in [6.07, 6.45) is 9.92. The van der Waals surface area contributed by atoms with Gasteiger partial charge in [-0.25, -0.2) is 4.79 Å². The predicted octanol–water partition coefficient (Wildman–Crippen LogP) is 5.44. The molecule has 1 aromatic rings. The molecule has 0 amide bonds. The Kier molecular flexibility index (Phi) is 6.31. The molecule has 1 aliphatic heterocycles. The van der Waals surface area contributed by atoms with Gasteiger partial charge < -0.3 is 15.2 Å². The SMILES string of the molecule is Cc1c(/C=C/C2CCCCC2)c(C(OC(C)(C)C)C(=O)O)c(C)c2c1CNC2. The van der Waals surface area contributed by atoms with Gasteiger partial charge in [-0.15, -0.1) is 0 Å². The average molecular weight is 386 g/mol. The number of aliphatic carboxylic acids is 1. The van der Waals surface area contributed by atoms with E-state index in [0.717, 1.165) is 29.8 Å². The van der Waals surface area contributed by atoms with E-state index in [1.807, 2.05) is 20.8 Å². The Balaban J connectivity index is 2.11. The third kappa shape index (κ3) is 4.49. The molecule has 4 heteroatoms. The van der Waals surface area contributed by atoms with E-state index in [1.165, 1.54) is 48.8 Å². The van der Waals surface area contributed by atoms with Crippen LogP contribution in [-0.2, 0) is 22.6 Å². The quantitative estimate of drug-likeness (QED) is 0.708. The molecule has 1 atom stereocenters. The molecule has 0 saturated heterocycles. The number of hydrogen-bond acceptors (Lipinski definition) is 3. The van der Waals surface area contributed by atoms with Crippen molar-refractivity contribution in [3.8, 4) is 0 Å². The molecule has 1 heterocycles. The first-order valence-corrected chi connectivity index (χ1v) is 10.6. The van der Waals surface area contributed by atoms with E-state index in [4.69, 9.17) is 4.74 Å². The van der Waals surface area contributed by atoms with Gasteiger partial charge in [-0.3, -0.25) is 0 Å². The molecule has 2 aliphatic rings. The van der Waals surface area contributed by atoms with E-state index < -0.39 is 17.7 Å². The number of carboxylic acid groups (broad SMARTS) is 1. The molecular weight excluding hydrogens is 350 g/mol. The van der Waals surface area contributed by atoms with Crippen LogP contribution in [0, 0.1) is 19.8 Å². The van der Waals surface area contributed by atoms with Crippen LogP contribution in [-0.4, -0.2) is 16.7 Å². The lowest BCUT2D eigenvalue weighted by Crippen LogP contribution is -2.29. The molecule has 0 aromatic heterocycles. The first kappa shape index (κ1) is 21.1. The molecule has 154 valence electrons. The minimum absolute atomic E-state index is 0.537. The molecule has 28 heavy (non-hydrogen) atoms. The highest BCUT2D eigenvalue weighted by Gasteiger charge is 2.33. The summed E-state index contributed by atoms with van der Waals surface area (Å²) >= 11 is 0. The normalized spacial score (nSPS) is 19.2. The van der Waals surface area contributed by atoms with Gasteiger partial charge in [-0.05, 0) is 81.2 Å². The molecule has 0 radical (unpaired) electrons. The maximum atomic E-state index is 12.2. The Labute approximate surface area is 169 Å². The van der Waals surface area contributed by atoms with Crippen LogP contribution < -0.4 is 5.32 Å². The lowest BCUT2D eigenvalue weighted by Gasteiger charge is -2.29. The van der Waals surface area contributed by atoms with Gasteiger partial charge in [0.25, 0.3) is 0 Å². The van der Waals surface area contributed by atoms with Crippen LogP contribution in [0.15, 0.2) is 6.08 Å². The van der Waals surface area contributed by atoms with E-state index >= 15 is 0 Å². The van der Waals surface area contributed by atoms with Crippen LogP contribution in [0.25, 0.3) is 6.08 Å². The molecule has 1 aromatic carbocycles. The number of carboxylic acids is 1. The fourth-order valence-electron chi connectivity index (χ4n) is 4.67. The van der Waals surface area contributed by atoms with Crippen LogP contribution in [0.1, 0.15) is 92.4 Å². The lowest BCUT2D eigenvalue weighted by molar-refractivity contribution is -0.160. The second-order valence-corrected chi connectivity index (χ2v) is 9.34. The van der Waals surface area contributed by atoms with E-state index in [-0.39, 0.29) is 0 Å². The molecule has 0 bridgehead atoms. The summed E-state index contributed by atoms with van der Waals surface area (Å²) in [6, 6.07) is 0. The lowest BCUT2D eigenvalue weighted by atomic mass is 9.84. The standard InChI is InChI=1S/C24H35NO3/c1-15-18(12-11-17-9-7-6-8-10-17)21(16(2)20-14-25-13-19(15)20)22(23(26)27)28-24(3,4)5/h11-12,17,22,25H,6-10,13-14H2,1-5H3,(H,26,27)/b12-11+. The highest BCUT2D eigenvalue weighted by Crippen LogP contribution is 2.38. The van der Waals surface area contributed by atoms with Crippen LogP contribution in [0.4, 0.5) is 0 Å². The number of carbonyl (C=O) groups is 1. The van der Waals surface area contributed by atoms with Gasteiger partial charge in [0.15, 0.2) is 6.10 Å². The average Bonchev–Trinajstić information content (AvgIpc) is 3.12. The summed E-state index contributed by atoms with van der Waals surface area (Å²) in [5.74, 6) is -0.324. The first-order chi connectivity index (χ1) is 13.2. The maximum absolute atomic E-state index is 12.2. The molecule has 1 aliphatic carbocycles. The van der Waals surface area contributed by atoms with Gasteiger partial charge in [0.1, 0.15) is 0 Å². The number of nitrogens with one attached hydrogen (secondary N) is 1. The number of fused-ring (bicyclic) bond motifs is 1. The van der Waals surface area contributed by atoms with Gasteiger partial charge in [0.2, 0.25) is 0 Å². The second kappa shape index (κ2) is 8.38. The van der Waals surface area contributed by atoms with Crippen molar-refractivity contribution in [3.63, 3.8) is 0 Å². The van der Waals surface area contributed by atoms with Gasteiger partial charge in [0, 0.05) is 18.7 Å². The molecule has 1 saturated carbocycles. The van der Waals surface area contributed by atoms with Crippen LogP contribution in [0.2, 0.25) is 0 Å².